The molecular formula is C12H21NO7. The molecule has 0 saturated carbocycles. The molecule has 0 unspecified atom stereocenters. The first-order valence-electron chi connectivity index (χ1n) is 5.87. The Kier molecular flexibility index (Phi) is 9.86. The number of carbonyl (C=O) groups is 4. The van der Waals surface area contributed by atoms with E-state index in [2.05, 4.69) is 0 Å². The van der Waals surface area contributed by atoms with E-state index in [-0.39, 0.29) is 31.7 Å². The molecule has 0 aromatic heterocycles. The molecule has 0 aliphatic carbocycles. The molecule has 0 spiro atoms. The quantitative estimate of drug-likeness (QED) is 0.605. The number of aliphatic carboxylic acids is 2. The second-order valence-electron chi connectivity index (χ2n) is 4.84. The van der Waals surface area contributed by atoms with Crippen LogP contribution >= 0.6 is 0 Å². The van der Waals surface area contributed by atoms with E-state index in [0.29, 0.717) is 0 Å². The summed E-state index contributed by atoms with van der Waals surface area (Å²) in [5.41, 5.74) is 4.37. The number of primary amides is 1. The molecule has 0 aromatic rings. The van der Waals surface area contributed by atoms with Gasteiger partial charge in [-0.25, -0.2) is 0 Å². The zero-order valence-electron chi connectivity index (χ0n) is 11.8. The van der Waals surface area contributed by atoms with Crippen LogP contribution in [0, 0.1) is 0 Å². The highest BCUT2D eigenvalue weighted by atomic mass is 16.6. The van der Waals surface area contributed by atoms with Gasteiger partial charge in [0.1, 0.15) is 5.60 Å². The van der Waals surface area contributed by atoms with Crippen molar-refractivity contribution in [1.82, 2.24) is 0 Å². The second kappa shape index (κ2) is 9.76. The first-order chi connectivity index (χ1) is 8.94. The standard InChI is InChI=1S/C8H15NO3.C4H6O4/c1-8(2,3)12-7(11)5-4-6(9)10;5-3(6)1-2-4(7)8/h4-5H2,1-3H3,(H2,9,10);1-2H2,(H,5,6)(H,7,8). The molecule has 0 saturated heterocycles. The number of carboxylic acids is 2. The van der Waals surface area contributed by atoms with Crippen LogP contribution in [0.3, 0.4) is 0 Å². The van der Waals surface area contributed by atoms with Crippen molar-refractivity contribution in [3.63, 3.8) is 0 Å². The summed E-state index contributed by atoms with van der Waals surface area (Å²) in [6.45, 7) is 5.32. The van der Waals surface area contributed by atoms with Gasteiger partial charge in [0, 0.05) is 6.42 Å². The number of carboxylic acid groups (broad SMARTS) is 2. The number of esters is 1. The third-order valence-electron chi connectivity index (χ3n) is 1.55. The molecule has 20 heavy (non-hydrogen) atoms. The SMILES string of the molecule is CC(C)(C)OC(=O)CCC(N)=O.O=C(O)CCC(=O)O. The van der Waals surface area contributed by atoms with E-state index in [0.717, 1.165) is 0 Å². The number of carbonyl (C=O) groups excluding carboxylic acids is 2. The predicted octanol–water partition coefficient (Wildman–Crippen LogP) is 0.529. The van der Waals surface area contributed by atoms with Crippen molar-refractivity contribution >= 4 is 23.8 Å². The molecule has 0 radical (unpaired) electrons. The maximum Gasteiger partial charge on any atom is 0.306 e. The first-order valence-corrected chi connectivity index (χ1v) is 5.87. The Morgan fingerprint density at radius 2 is 1.30 bits per heavy atom. The number of ether oxygens (including phenoxy) is 1. The maximum absolute atomic E-state index is 10.9. The highest BCUT2D eigenvalue weighted by Gasteiger charge is 2.16. The van der Waals surface area contributed by atoms with Gasteiger partial charge in [0.2, 0.25) is 5.91 Å². The van der Waals surface area contributed by atoms with Crippen LogP contribution in [0.15, 0.2) is 0 Å². The van der Waals surface area contributed by atoms with Crippen LogP contribution in [-0.2, 0) is 23.9 Å². The van der Waals surface area contributed by atoms with E-state index < -0.39 is 23.4 Å². The van der Waals surface area contributed by atoms with Gasteiger partial charge in [0.15, 0.2) is 0 Å². The van der Waals surface area contributed by atoms with Crippen LogP contribution in [0.25, 0.3) is 0 Å². The van der Waals surface area contributed by atoms with Crippen molar-refractivity contribution in [2.45, 2.75) is 52.1 Å². The summed E-state index contributed by atoms with van der Waals surface area (Å²) in [7, 11) is 0. The van der Waals surface area contributed by atoms with Gasteiger partial charge in [-0.05, 0) is 20.8 Å². The van der Waals surface area contributed by atoms with Crippen LogP contribution < -0.4 is 5.73 Å². The van der Waals surface area contributed by atoms with Crippen LogP contribution in [0.2, 0.25) is 0 Å². The summed E-state index contributed by atoms with van der Waals surface area (Å²) in [5.74, 6) is -3.03. The smallest absolute Gasteiger partial charge is 0.306 e. The van der Waals surface area contributed by atoms with Gasteiger partial charge >= 0.3 is 17.9 Å². The number of amides is 1. The lowest BCUT2D eigenvalue weighted by atomic mass is 10.2. The maximum atomic E-state index is 10.9. The van der Waals surface area contributed by atoms with Crippen molar-refractivity contribution in [2.75, 3.05) is 0 Å². The zero-order chi connectivity index (χ0) is 16.3. The zero-order valence-corrected chi connectivity index (χ0v) is 11.8. The lowest BCUT2D eigenvalue weighted by Gasteiger charge is -2.19. The van der Waals surface area contributed by atoms with Crippen molar-refractivity contribution < 1.29 is 34.1 Å². The lowest BCUT2D eigenvalue weighted by Crippen LogP contribution is -2.24. The van der Waals surface area contributed by atoms with Crippen molar-refractivity contribution in [2.24, 2.45) is 5.73 Å². The van der Waals surface area contributed by atoms with Crippen molar-refractivity contribution in [3.05, 3.63) is 0 Å². The molecule has 0 bridgehead atoms. The Bertz CT molecular complexity index is 343. The highest BCUT2D eigenvalue weighted by molar-refractivity contribution is 5.80. The number of hydrogen-bond acceptors (Lipinski definition) is 5. The first kappa shape index (κ1) is 20.2. The predicted molar refractivity (Wildman–Crippen MR) is 68.8 cm³/mol. The second-order valence-corrected chi connectivity index (χ2v) is 4.84. The Balaban J connectivity index is 0. The van der Waals surface area contributed by atoms with Crippen LogP contribution in [0.5, 0.6) is 0 Å². The van der Waals surface area contributed by atoms with Crippen molar-refractivity contribution in [3.8, 4) is 0 Å². The Morgan fingerprint density at radius 1 is 0.900 bits per heavy atom. The van der Waals surface area contributed by atoms with E-state index in [9.17, 15) is 19.2 Å². The minimum absolute atomic E-state index is 0.0505. The van der Waals surface area contributed by atoms with Gasteiger partial charge in [-0.2, -0.15) is 0 Å². The highest BCUT2D eigenvalue weighted by Crippen LogP contribution is 2.08. The lowest BCUT2D eigenvalue weighted by molar-refractivity contribution is -0.155. The molecular weight excluding hydrogens is 270 g/mol. The molecule has 0 rings (SSSR count). The topological polar surface area (TPSA) is 144 Å². The van der Waals surface area contributed by atoms with Gasteiger partial charge < -0.3 is 20.7 Å². The molecule has 1 amide bonds. The summed E-state index contributed by atoms with van der Waals surface area (Å²) in [6, 6.07) is 0. The molecule has 0 fully saturated rings. The summed E-state index contributed by atoms with van der Waals surface area (Å²) >= 11 is 0. The Hall–Kier alpha value is -2.12. The fourth-order valence-electron chi connectivity index (χ4n) is 0.832. The minimum Gasteiger partial charge on any atom is -0.481 e. The molecule has 116 valence electrons. The van der Waals surface area contributed by atoms with E-state index in [4.69, 9.17) is 20.7 Å². The Morgan fingerprint density at radius 3 is 1.55 bits per heavy atom. The molecule has 4 N–H and O–H groups in total. The molecule has 8 nitrogen and oxygen atoms in total. The van der Waals surface area contributed by atoms with E-state index in [1.807, 2.05) is 0 Å². The molecule has 0 aromatic carbocycles. The molecule has 8 heteroatoms. The van der Waals surface area contributed by atoms with Gasteiger partial charge in [0.05, 0.1) is 19.3 Å². The van der Waals surface area contributed by atoms with Crippen LogP contribution in [-0.4, -0.2) is 39.6 Å². The molecule has 0 heterocycles. The molecule has 0 aliphatic rings. The van der Waals surface area contributed by atoms with Crippen molar-refractivity contribution in [1.29, 1.82) is 0 Å². The fraction of sp³-hybridized carbons (Fsp3) is 0.667. The number of hydrogen-bond donors (Lipinski definition) is 3. The van der Waals surface area contributed by atoms with Gasteiger partial charge in [-0.15, -0.1) is 0 Å². The third kappa shape index (κ3) is 21.2. The van der Waals surface area contributed by atoms with E-state index in [1.54, 1.807) is 20.8 Å². The molecule has 0 aliphatic heterocycles. The van der Waals surface area contributed by atoms with Gasteiger partial charge in [-0.3, -0.25) is 19.2 Å². The van der Waals surface area contributed by atoms with Crippen LogP contribution in [0.4, 0.5) is 0 Å². The fourth-order valence-corrected chi connectivity index (χ4v) is 0.832. The average Bonchev–Trinajstić information content (AvgIpc) is 2.22. The minimum atomic E-state index is -1.08. The summed E-state index contributed by atoms with van der Waals surface area (Å²) < 4.78 is 4.94. The number of rotatable bonds is 6. The monoisotopic (exact) mass is 291 g/mol. The van der Waals surface area contributed by atoms with E-state index >= 15 is 0 Å². The molecule has 0 atom stereocenters. The summed E-state index contributed by atoms with van der Waals surface area (Å²) in [6.07, 6.45) is -0.480. The van der Waals surface area contributed by atoms with Gasteiger partial charge in [0.25, 0.3) is 0 Å². The number of nitrogens with two attached hydrogens (primary N) is 1. The third-order valence-corrected chi connectivity index (χ3v) is 1.55. The summed E-state index contributed by atoms with van der Waals surface area (Å²) in [4.78, 5) is 40.5. The normalized spacial score (nSPS) is 9.95. The van der Waals surface area contributed by atoms with Crippen LogP contribution in [0.1, 0.15) is 46.5 Å². The Labute approximate surface area is 116 Å². The van der Waals surface area contributed by atoms with E-state index in [1.165, 1.54) is 0 Å². The average molecular weight is 291 g/mol. The summed E-state index contributed by atoms with van der Waals surface area (Å²) in [5, 5.41) is 15.8. The largest absolute Gasteiger partial charge is 0.481 e. The van der Waals surface area contributed by atoms with Gasteiger partial charge in [-0.1, -0.05) is 0 Å².